The van der Waals surface area contributed by atoms with Crippen LogP contribution in [0.5, 0.6) is 0 Å². The number of carbonyl (C=O) groups is 1. The lowest BCUT2D eigenvalue weighted by Crippen LogP contribution is -2.38. The van der Waals surface area contributed by atoms with Gasteiger partial charge >= 0.3 is 0 Å². The predicted octanol–water partition coefficient (Wildman–Crippen LogP) is 1.07. The molecule has 0 aliphatic carbocycles. The molecule has 0 saturated carbocycles. The molecule has 17 heavy (non-hydrogen) atoms. The molecule has 0 aliphatic heterocycles. The third-order valence-electron chi connectivity index (χ3n) is 2.60. The Labute approximate surface area is 106 Å². The molecule has 1 atom stereocenters. The van der Waals surface area contributed by atoms with E-state index >= 15 is 0 Å². The van der Waals surface area contributed by atoms with E-state index in [1.165, 1.54) is 0 Å². The zero-order chi connectivity index (χ0) is 13.5. The van der Waals surface area contributed by atoms with Gasteiger partial charge in [0.1, 0.15) is 0 Å². The van der Waals surface area contributed by atoms with Crippen molar-refractivity contribution in [1.29, 1.82) is 0 Å². The third kappa shape index (κ3) is 9.12. The van der Waals surface area contributed by atoms with Gasteiger partial charge in [-0.1, -0.05) is 20.8 Å². The Bertz CT molecular complexity index is 221. The van der Waals surface area contributed by atoms with Crippen molar-refractivity contribution < 1.29 is 4.79 Å². The Morgan fingerprint density at radius 3 is 2.35 bits per heavy atom. The number of nitrogens with two attached hydrogens (primary N) is 1. The summed E-state index contributed by atoms with van der Waals surface area (Å²) in [7, 11) is 4.06. The zero-order valence-electron chi connectivity index (χ0n) is 12.0. The number of hydrogen-bond donors (Lipinski definition) is 2. The van der Waals surface area contributed by atoms with Gasteiger partial charge in [0, 0.05) is 13.1 Å². The first-order valence-corrected chi connectivity index (χ1v) is 6.39. The molecule has 1 amide bonds. The van der Waals surface area contributed by atoms with E-state index in [1.807, 2.05) is 14.1 Å². The number of nitrogens with one attached hydrogen (secondary N) is 1. The Kier molecular flexibility index (Phi) is 7.39. The Hall–Kier alpha value is -0.610. The van der Waals surface area contributed by atoms with Gasteiger partial charge in [0.25, 0.3) is 0 Å². The summed E-state index contributed by atoms with van der Waals surface area (Å²) in [4.78, 5) is 14.0. The minimum absolute atomic E-state index is 0.0608. The van der Waals surface area contributed by atoms with Crippen LogP contribution in [0.1, 0.15) is 33.6 Å². The van der Waals surface area contributed by atoms with Gasteiger partial charge in [0.05, 0.1) is 5.92 Å². The fourth-order valence-corrected chi connectivity index (χ4v) is 1.77. The van der Waals surface area contributed by atoms with E-state index in [4.69, 9.17) is 5.73 Å². The highest BCUT2D eigenvalue weighted by Crippen LogP contribution is 2.23. The average Bonchev–Trinajstić information content (AvgIpc) is 2.19. The minimum Gasteiger partial charge on any atom is -0.356 e. The van der Waals surface area contributed by atoms with Crippen molar-refractivity contribution in [3.63, 3.8) is 0 Å². The van der Waals surface area contributed by atoms with Gasteiger partial charge < -0.3 is 16.0 Å². The second-order valence-corrected chi connectivity index (χ2v) is 6.15. The highest BCUT2D eigenvalue weighted by molar-refractivity contribution is 5.78. The molecular weight excluding hydrogens is 214 g/mol. The lowest BCUT2D eigenvalue weighted by Gasteiger charge is -2.24. The number of rotatable bonds is 7. The van der Waals surface area contributed by atoms with Gasteiger partial charge in [0.2, 0.25) is 5.91 Å². The maximum Gasteiger partial charge on any atom is 0.224 e. The summed E-state index contributed by atoms with van der Waals surface area (Å²) in [5.41, 5.74) is 5.81. The number of nitrogens with zero attached hydrogens (tertiary/aromatic N) is 1. The van der Waals surface area contributed by atoms with E-state index < -0.39 is 0 Å². The highest BCUT2D eigenvalue weighted by atomic mass is 16.1. The smallest absolute Gasteiger partial charge is 0.224 e. The van der Waals surface area contributed by atoms with Gasteiger partial charge in [0.15, 0.2) is 0 Å². The highest BCUT2D eigenvalue weighted by Gasteiger charge is 2.23. The SMILES string of the molecule is CN(C)CCCNC(=O)C(CN)CC(C)(C)C. The van der Waals surface area contributed by atoms with Crippen molar-refractivity contribution >= 4 is 5.91 Å². The second kappa shape index (κ2) is 7.67. The van der Waals surface area contributed by atoms with Gasteiger partial charge in [-0.15, -0.1) is 0 Å². The number of carbonyl (C=O) groups excluding carboxylic acids is 1. The molecule has 3 N–H and O–H groups in total. The summed E-state index contributed by atoms with van der Waals surface area (Å²) in [5.74, 6) is 0.0375. The van der Waals surface area contributed by atoms with Gasteiger partial charge in [-0.2, -0.15) is 0 Å². The minimum atomic E-state index is -0.0608. The van der Waals surface area contributed by atoms with Crippen molar-refractivity contribution in [2.24, 2.45) is 17.1 Å². The summed E-state index contributed by atoms with van der Waals surface area (Å²) in [6.07, 6.45) is 1.81. The average molecular weight is 243 g/mol. The normalized spacial score (nSPS) is 13.8. The molecule has 4 nitrogen and oxygen atoms in total. The van der Waals surface area contributed by atoms with Gasteiger partial charge in [-0.25, -0.2) is 0 Å². The molecule has 1 unspecified atom stereocenters. The molecular formula is C13H29N3O. The van der Waals surface area contributed by atoms with E-state index in [9.17, 15) is 4.79 Å². The standard InChI is InChI=1S/C13H29N3O/c1-13(2,3)9-11(10-14)12(17)15-7-6-8-16(4)5/h11H,6-10,14H2,1-5H3,(H,15,17). The summed E-state index contributed by atoms with van der Waals surface area (Å²) in [6.45, 7) is 8.56. The molecule has 0 heterocycles. The Balaban J connectivity index is 3.93. The van der Waals surface area contributed by atoms with Crippen LogP contribution < -0.4 is 11.1 Å². The van der Waals surface area contributed by atoms with Crippen LogP contribution in [0.2, 0.25) is 0 Å². The van der Waals surface area contributed by atoms with E-state index in [2.05, 4.69) is 31.0 Å². The van der Waals surface area contributed by atoms with Crippen molar-refractivity contribution in [3.8, 4) is 0 Å². The topological polar surface area (TPSA) is 58.4 Å². The van der Waals surface area contributed by atoms with Crippen LogP contribution in [0.15, 0.2) is 0 Å². The summed E-state index contributed by atoms with van der Waals surface area (Å²) in [5, 5.41) is 2.97. The molecule has 0 radical (unpaired) electrons. The second-order valence-electron chi connectivity index (χ2n) is 6.15. The molecule has 0 bridgehead atoms. The van der Waals surface area contributed by atoms with Crippen LogP contribution in [-0.4, -0.2) is 44.5 Å². The van der Waals surface area contributed by atoms with Gasteiger partial charge in [-0.05, 0) is 38.9 Å². The first kappa shape index (κ1) is 16.4. The van der Waals surface area contributed by atoms with Crippen molar-refractivity contribution in [2.75, 3.05) is 33.7 Å². The monoisotopic (exact) mass is 243 g/mol. The van der Waals surface area contributed by atoms with Crippen molar-refractivity contribution in [2.45, 2.75) is 33.6 Å². The Morgan fingerprint density at radius 1 is 1.35 bits per heavy atom. The molecule has 102 valence electrons. The van der Waals surface area contributed by atoms with Crippen molar-refractivity contribution in [1.82, 2.24) is 10.2 Å². The lowest BCUT2D eigenvalue weighted by molar-refractivity contribution is -0.125. The predicted molar refractivity (Wildman–Crippen MR) is 72.8 cm³/mol. The molecule has 0 fully saturated rings. The Morgan fingerprint density at radius 2 is 1.94 bits per heavy atom. The maximum absolute atomic E-state index is 11.9. The molecule has 0 aromatic heterocycles. The first-order valence-electron chi connectivity index (χ1n) is 6.39. The van der Waals surface area contributed by atoms with Gasteiger partial charge in [-0.3, -0.25) is 4.79 Å². The maximum atomic E-state index is 11.9. The van der Waals surface area contributed by atoms with Crippen LogP contribution in [0.3, 0.4) is 0 Å². The first-order chi connectivity index (χ1) is 7.76. The van der Waals surface area contributed by atoms with E-state index in [0.29, 0.717) is 6.54 Å². The third-order valence-corrected chi connectivity index (χ3v) is 2.60. The van der Waals surface area contributed by atoms with Crippen LogP contribution in [0.25, 0.3) is 0 Å². The van der Waals surface area contributed by atoms with Crippen LogP contribution in [-0.2, 0) is 4.79 Å². The van der Waals surface area contributed by atoms with E-state index in [1.54, 1.807) is 0 Å². The van der Waals surface area contributed by atoms with Crippen LogP contribution in [0.4, 0.5) is 0 Å². The number of hydrogen-bond acceptors (Lipinski definition) is 3. The fraction of sp³-hybridized carbons (Fsp3) is 0.923. The number of amides is 1. The molecule has 0 aromatic rings. The summed E-state index contributed by atoms with van der Waals surface area (Å²) < 4.78 is 0. The fourth-order valence-electron chi connectivity index (χ4n) is 1.77. The lowest BCUT2D eigenvalue weighted by atomic mass is 9.84. The zero-order valence-corrected chi connectivity index (χ0v) is 12.0. The molecule has 0 saturated heterocycles. The summed E-state index contributed by atoms with van der Waals surface area (Å²) >= 11 is 0. The molecule has 0 aromatic carbocycles. The molecule has 0 spiro atoms. The molecule has 0 rings (SSSR count). The molecule has 4 heteroatoms. The quantitative estimate of drug-likeness (QED) is 0.658. The summed E-state index contributed by atoms with van der Waals surface area (Å²) in [6, 6.07) is 0. The van der Waals surface area contributed by atoms with E-state index in [0.717, 1.165) is 25.9 Å². The largest absolute Gasteiger partial charge is 0.356 e. The van der Waals surface area contributed by atoms with E-state index in [-0.39, 0.29) is 17.2 Å². The molecule has 0 aliphatic rings. The van der Waals surface area contributed by atoms with Crippen LogP contribution in [0, 0.1) is 11.3 Å². The van der Waals surface area contributed by atoms with Crippen LogP contribution >= 0.6 is 0 Å². The van der Waals surface area contributed by atoms with Crippen molar-refractivity contribution in [3.05, 3.63) is 0 Å².